The fraction of sp³-hybridized carbons (Fsp3) is 0.125. The van der Waals surface area contributed by atoms with Crippen LogP contribution in [0.4, 0.5) is 0 Å². The highest BCUT2D eigenvalue weighted by Crippen LogP contribution is 2.36. The molecule has 0 unspecified atom stereocenters. The fourth-order valence-corrected chi connectivity index (χ4v) is 4.60. The summed E-state index contributed by atoms with van der Waals surface area (Å²) in [4.78, 5) is 16.8. The van der Waals surface area contributed by atoms with Gasteiger partial charge in [0.1, 0.15) is 5.75 Å². The number of ether oxygens (including phenoxy) is 1. The number of aromatic amines is 1. The minimum Gasteiger partial charge on any atom is -0.497 e. The van der Waals surface area contributed by atoms with Gasteiger partial charge in [-0.3, -0.25) is 4.79 Å². The molecule has 6 rings (SSSR count). The lowest BCUT2D eigenvalue weighted by Gasteiger charge is -2.20. The summed E-state index contributed by atoms with van der Waals surface area (Å²) in [6, 6.07) is 20.5. The van der Waals surface area contributed by atoms with E-state index in [2.05, 4.69) is 29.2 Å². The molecule has 0 fully saturated rings. The fourth-order valence-electron chi connectivity index (χ4n) is 4.60. The van der Waals surface area contributed by atoms with E-state index in [-0.39, 0.29) is 5.56 Å². The lowest BCUT2D eigenvalue weighted by molar-refractivity contribution is 0.415. The summed E-state index contributed by atoms with van der Waals surface area (Å²) in [6.45, 7) is 0.708. The minimum atomic E-state index is 0.0783. The van der Waals surface area contributed by atoms with Crippen LogP contribution in [0.25, 0.3) is 43.8 Å². The highest BCUT2D eigenvalue weighted by Gasteiger charge is 2.23. The normalized spacial score (nSPS) is 13.0. The van der Waals surface area contributed by atoms with Crippen molar-refractivity contribution in [2.24, 2.45) is 0 Å². The first-order valence-corrected chi connectivity index (χ1v) is 9.49. The van der Waals surface area contributed by atoms with E-state index in [1.54, 1.807) is 7.11 Å². The largest absolute Gasteiger partial charge is 0.497 e. The first kappa shape index (κ1) is 15.5. The van der Waals surface area contributed by atoms with Crippen molar-refractivity contribution in [2.75, 3.05) is 7.11 Å². The monoisotopic (exact) mass is 366 g/mol. The third kappa shape index (κ3) is 1.97. The number of fused-ring (bicyclic) bond motifs is 8. The average Bonchev–Trinajstić information content (AvgIpc) is 3.12. The lowest BCUT2D eigenvalue weighted by atomic mass is 9.97. The number of para-hydroxylation sites is 1. The van der Waals surface area contributed by atoms with Gasteiger partial charge < -0.3 is 14.3 Å². The van der Waals surface area contributed by atoms with Crippen molar-refractivity contribution in [1.29, 1.82) is 0 Å². The van der Waals surface area contributed by atoms with Gasteiger partial charge in [-0.15, -0.1) is 0 Å². The molecule has 2 aromatic heterocycles. The Hall–Kier alpha value is -3.53. The van der Waals surface area contributed by atoms with Crippen molar-refractivity contribution < 1.29 is 4.74 Å². The second kappa shape index (κ2) is 5.49. The molecule has 3 heterocycles. The molecule has 0 atom stereocenters. The van der Waals surface area contributed by atoms with Crippen molar-refractivity contribution in [1.82, 2.24) is 9.55 Å². The van der Waals surface area contributed by atoms with Gasteiger partial charge in [0, 0.05) is 22.8 Å². The number of H-pyrrole nitrogens is 1. The van der Waals surface area contributed by atoms with Crippen LogP contribution in [0.3, 0.4) is 0 Å². The van der Waals surface area contributed by atoms with Gasteiger partial charge in [0.15, 0.2) is 0 Å². The van der Waals surface area contributed by atoms with Gasteiger partial charge in [-0.1, -0.05) is 30.3 Å². The average molecular weight is 366 g/mol. The van der Waals surface area contributed by atoms with Crippen molar-refractivity contribution in [3.63, 3.8) is 0 Å². The minimum absolute atomic E-state index is 0.0783. The van der Waals surface area contributed by atoms with Crippen LogP contribution in [0.5, 0.6) is 5.75 Å². The molecule has 0 bridgehead atoms. The van der Waals surface area contributed by atoms with Crippen LogP contribution >= 0.6 is 0 Å². The number of hydrogen-bond acceptors (Lipinski definition) is 2. The van der Waals surface area contributed by atoms with E-state index >= 15 is 0 Å². The van der Waals surface area contributed by atoms with Crippen molar-refractivity contribution in [3.8, 4) is 17.1 Å². The number of hydrogen-bond donors (Lipinski definition) is 1. The van der Waals surface area contributed by atoms with E-state index in [1.165, 1.54) is 10.9 Å². The van der Waals surface area contributed by atoms with E-state index < -0.39 is 0 Å². The summed E-state index contributed by atoms with van der Waals surface area (Å²) in [5, 5.41) is 5.15. The van der Waals surface area contributed by atoms with Crippen LogP contribution in [0, 0.1) is 0 Å². The molecule has 4 nitrogen and oxygen atoms in total. The molecule has 5 aromatic rings. The number of benzene rings is 3. The van der Waals surface area contributed by atoms with Gasteiger partial charge in [0.2, 0.25) is 0 Å². The number of aromatic nitrogens is 2. The van der Waals surface area contributed by atoms with Gasteiger partial charge >= 0.3 is 0 Å². The molecule has 0 radical (unpaired) electrons. The first-order valence-electron chi connectivity index (χ1n) is 9.49. The SMILES string of the molecule is COc1ccc2c(ccc3c(=O)n4c(cc32)-c2[nH]c3ccccc3c2CC4)c1. The second-order valence-corrected chi connectivity index (χ2v) is 7.37. The van der Waals surface area contributed by atoms with E-state index in [4.69, 9.17) is 4.74 Å². The number of pyridine rings is 1. The van der Waals surface area contributed by atoms with Crippen LogP contribution in [-0.2, 0) is 13.0 Å². The van der Waals surface area contributed by atoms with Gasteiger partial charge in [-0.2, -0.15) is 0 Å². The topological polar surface area (TPSA) is 47.0 Å². The quantitative estimate of drug-likeness (QED) is 0.430. The Kier molecular flexibility index (Phi) is 3.04. The molecule has 0 aliphatic carbocycles. The van der Waals surface area contributed by atoms with E-state index in [0.29, 0.717) is 6.54 Å². The van der Waals surface area contributed by atoms with Crippen LogP contribution in [0.2, 0.25) is 0 Å². The van der Waals surface area contributed by atoms with Crippen LogP contribution in [0.15, 0.2) is 65.5 Å². The molecule has 1 N–H and O–H groups in total. The van der Waals surface area contributed by atoms with Crippen molar-refractivity contribution in [3.05, 3.63) is 76.6 Å². The van der Waals surface area contributed by atoms with E-state index in [9.17, 15) is 4.79 Å². The Morgan fingerprint density at radius 3 is 2.68 bits per heavy atom. The summed E-state index contributed by atoms with van der Waals surface area (Å²) in [6.07, 6.45) is 0.864. The lowest BCUT2D eigenvalue weighted by Crippen LogP contribution is -2.26. The van der Waals surface area contributed by atoms with Gasteiger partial charge in [0.25, 0.3) is 5.56 Å². The van der Waals surface area contributed by atoms with Gasteiger partial charge in [-0.25, -0.2) is 0 Å². The third-order valence-electron chi connectivity index (χ3n) is 5.97. The zero-order chi connectivity index (χ0) is 18.8. The molecule has 0 amide bonds. The predicted molar refractivity (Wildman–Crippen MR) is 113 cm³/mol. The van der Waals surface area contributed by atoms with Gasteiger partial charge in [-0.05, 0) is 58.5 Å². The Labute approximate surface area is 161 Å². The van der Waals surface area contributed by atoms with Crippen LogP contribution in [0.1, 0.15) is 5.56 Å². The highest BCUT2D eigenvalue weighted by atomic mass is 16.5. The maximum Gasteiger partial charge on any atom is 0.258 e. The third-order valence-corrected chi connectivity index (χ3v) is 5.97. The molecule has 136 valence electrons. The maximum absolute atomic E-state index is 13.3. The number of methoxy groups -OCH3 is 1. The Balaban J connectivity index is 1.73. The Morgan fingerprint density at radius 2 is 1.79 bits per heavy atom. The Bertz CT molecular complexity index is 1470. The maximum atomic E-state index is 13.3. The second-order valence-electron chi connectivity index (χ2n) is 7.37. The molecular formula is C24H18N2O2. The molecule has 0 saturated heterocycles. The molecule has 0 saturated carbocycles. The summed E-state index contributed by atoms with van der Waals surface area (Å²) in [7, 11) is 1.67. The van der Waals surface area contributed by atoms with Crippen molar-refractivity contribution in [2.45, 2.75) is 13.0 Å². The Morgan fingerprint density at radius 1 is 0.929 bits per heavy atom. The summed E-state index contributed by atoms with van der Waals surface area (Å²) in [5.74, 6) is 0.819. The molecule has 3 aromatic carbocycles. The smallest absolute Gasteiger partial charge is 0.258 e. The van der Waals surface area contributed by atoms with E-state index in [1.807, 2.05) is 41.0 Å². The summed E-state index contributed by atoms with van der Waals surface area (Å²) >= 11 is 0. The zero-order valence-electron chi connectivity index (χ0n) is 15.5. The van der Waals surface area contributed by atoms with E-state index in [0.717, 1.165) is 50.6 Å². The molecule has 4 heteroatoms. The molecule has 28 heavy (non-hydrogen) atoms. The molecule has 1 aliphatic rings. The molecule has 0 spiro atoms. The standard InChI is InChI=1S/C24H18N2O2/c1-28-15-7-9-16-14(12-15)6-8-19-20(16)13-22-23-18(10-11-26(22)24(19)27)17-4-2-3-5-21(17)25-23/h2-9,12-13,25H,10-11H2,1H3. The molecule has 1 aliphatic heterocycles. The summed E-state index contributed by atoms with van der Waals surface area (Å²) in [5.41, 5.74) is 4.54. The zero-order valence-corrected chi connectivity index (χ0v) is 15.5. The number of rotatable bonds is 1. The number of nitrogens with zero attached hydrogens (tertiary/aromatic N) is 1. The highest BCUT2D eigenvalue weighted by molar-refractivity contribution is 6.08. The predicted octanol–water partition coefficient (Wildman–Crippen LogP) is 4.87. The van der Waals surface area contributed by atoms with Crippen molar-refractivity contribution >= 4 is 32.4 Å². The van der Waals surface area contributed by atoms with Crippen LogP contribution in [-0.4, -0.2) is 16.7 Å². The first-order chi connectivity index (χ1) is 13.7. The van der Waals surface area contributed by atoms with Gasteiger partial charge in [0.05, 0.1) is 18.5 Å². The molecular weight excluding hydrogens is 348 g/mol. The number of aryl methyl sites for hydroxylation is 1. The number of nitrogens with one attached hydrogen (secondary N) is 1. The summed E-state index contributed by atoms with van der Waals surface area (Å²) < 4.78 is 7.27. The van der Waals surface area contributed by atoms with Crippen LogP contribution < -0.4 is 10.3 Å².